The highest BCUT2D eigenvalue weighted by atomic mass is 79.9. The zero-order valence-corrected chi connectivity index (χ0v) is 14.9. The van der Waals surface area contributed by atoms with E-state index >= 15 is 0 Å². The van der Waals surface area contributed by atoms with Gasteiger partial charge in [-0.1, -0.05) is 64.1 Å². The lowest BCUT2D eigenvalue weighted by atomic mass is 10.2. The number of nitrogens with zero attached hydrogens (tertiary/aromatic N) is 3. The van der Waals surface area contributed by atoms with Gasteiger partial charge in [-0.05, 0) is 37.1 Å². The van der Waals surface area contributed by atoms with Crippen LogP contribution in [0.5, 0.6) is 0 Å². The van der Waals surface area contributed by atoms with Crippen molar-refractivity contribution in [2.75, 3.05) is 0 Å². The summed E-state index contributed by atoms with van der Waals surface area (Å²) in [7, 11) is 0. The van der Waals surface area contributed by atoms with Crippen LogP contribution in [0.2, 0.25) is 0 Å². The molecule has 0 atom stereocenters. The molecule has 1 aromatic heterocycles. The third-order valence-corrected chi connectivity index (χ3v) is 5.22. The Kier molecular flexibility index (Phi) is 4.64. The fraction of sp³-hybridized carbons (Fsp3) is 0.176. The number of thioether (sulfide) groups is 1. The highest BCUT2D eigenvalue weighted by molar-refractivity contribution is 9.10. The third kappa shape index (κ3) is 3.10. The van der Waals surface area contributed by atoms with E-state index in [4.69, 9.17) is 0 Å². The zero-order valence-electron chi connectivity index (χ0n) is 12.5. The Morgan fingerprint density at radius 2 is 1.73 bits per heavy atom. The van der Waals surface area contributed by atoms with E-state index in [9.17, 15) is 0 Å². The number of halogens is 1. The Hall–Kier alpha value is -1.59. The van der Waals surface area contributed by atoms with Gasteiger partial charge in [-0.25, -0.2) is 0 Å². The van der Waals surface area contributed by atoms with Gasteiger partial charge in [0.2, 0.25) is 0 Å². The van der Waals surface area contributed by atoms with Gasteiger partial charge in [0.25, 0.3) is 0 Å². The van der Waals surface area contributed by atoms with Gasteiger partial charge in [-0.15, -0.1) is 10.2 Å². The molecule has 0 unspecified atom stereocenters. The fourth-order valence-corrected chi connectivity index (χ4v) is 3.89. The molecule has 1 heterocycles. The summed E-state index contributed by atoms with van der Waals surface area (Å²) in [6.45, 7) is 4.10. The summed E-state index contributed by atoms with van der Waals surface area (Å²) in [6, 6.07) is 16.6. The van der Waals surface area contributed by atoms with Gasteiger partial charge in [0.05, 0.1) is 5.69 Å². The Morgan fingerprint density at radius 3 is 2.50 bits per heavy atom. The Balaban J connectivity index is 1.90. The van der Waals surface area contributed by atoms with Crippen molar-refractivity contribution in [1.29, 1.82) is 0 Å². The second-order valence-electron chi connectivity index (χ2n) is 5.03. The summed E-state index contributed by atoms with van der Waals surface area (Å²) in [4.78, 5) is 0. The molecule has 0 radical (unpaired) electrons. The van der Waals surface area contributed by atoms with E-state index in [0.29, 0.717) is 0 Å². The first kappa shape index (κ1) is 15.3. The van der Waals surface area contributed by atoms with Crippen molar-refractivity contribution in [2.24, 2.45) is 0 Å². The van der Waals surface area contributed by atoms with Crippen LogP contribution in [-0.4, -0.2) is 14.8 Å². The van der Waals surface area contributed by atoms with Crippen molar-refractivity contribution < 1.29 is 0 Å². The van der Waals surface area contributed by atoms with Crippen LogP contribution in [0.15, 0.2) is 58.2 Å². The number of rotatable bonds is 4. The summed E-state index contributed by atoms with van der Waals surface area (Å²) in [5.74, 6) is 1.76. The molecule has 3 aromatic rings. The van der Waals surface area contributed by atoms with Gasteiger partial charge in [0.1, 0.15) is 5.82 Å². The molecule has 0 aliphatic heterocycles. The second kappa shape index (κ2) is 6.67. The van der Waals surface area contributed by atoms with Crippen LogP contribution in [0.4, 0.5) is 0 Å². The lowest BCUT2D eigenvalue weighted by Gasteiger charge is -2.11. The lowest BCUT2D eigenvalue weighted by molar-refractivity contribution is 0.861. The second-order valence-corrected chi connectivity index (χ2v) is 6.83. The quantitative estimate of drug-likeness (QED) is 0.606. The SMILES string of the molecule is Cc1ccccc1-n1c(C)nnc1SCc1ccccc1Br. The van der Waals surface area contributed by atoms with Crippen LogP contribution in [0, 0.1) is 13.8 Å². The van der Waals surface area contributed by atoms with Gasteiger partial charge in [-0.3, -0.25) is 4.57 Å². The molecule has 2 aromatic carbocycles. The van der Waals surface area contributed by atoms with Crippen molar-refractivity contribution in [3.05, 3.63) is 70.0 Å². The van der Waals surface area contributed by atoms with E-state index in [0.717, 1.165) is 26.9 Å². The molecule has 3 nitrogen and oxygen atoms in total. The fourth-order valence-electron chi connectivity index (χ4n) is 2.29. The van der Waals surface area contributed by atoms with Crippen molar-refractivity contribution in [3.63, 3.8) is 0 Å². The Labute approximate surface area is 142 Å². The van der Waals surface area contributed by atoms with Crippen LogP contribution in [0.3, 0.4) is 0 Å². The van der Waals surface area contributed by atoms with E-state index in [2.05, 4.69) is 67.9 Å². The summed E-state index contributed by atoms with van der Waals surface area (Å²) in [6.07, 6.45) is 0. The van der Waals surface area contributed by atoms with Gasteiger partial charge < -0.3 is 0 Å². The molecule has 0 aliphatic rings. The number of benzene rings is 2. The maximum atomic E-state index is 4.34. The first-order chi connectivity index (χ1) is 10.7. The third-order valence-electron chi connectivity index (χ3n) is 3.47. The first-order valence-corrected chi connectivity index (χ1v) is 8.79. The topological polar surface area (TPSA) is 30.7 Å². The molecule has 3 rings (SSSR count). The minimum atomic E-state index is 0.853. The predicted molar refractivity (Wildman–Crippen MR) is 94.5 cm³/mol. The average Bonchev–Trinajstić information content (AvgIpc) is 2.88. The van der Waals surface area contributed by atoms with Crippen molar-refractivity contribution in [1.82, 2.24) is 14.8 Å². The monoisotopic (exact) mass is 373 g/mol. The Bertz CT molecular complexity index is 798. The molecule has 112 valence electrons. The maximum Gasteiger partial charge on any atom is 0.196 e. The predicted octanol–water partition coefficient (Wildman–Crippen LogP) is 4.94. The standard InChI is InChI=1S/C17H16BrN3S/c1-12-7-3-6-10-16(12)21-13(2)19-20-17(21)22-11-14-8-4-5-9-15(14)18/h3-10H,11H2,1-2H3. The minimum Gasteiger partial charge on any atom is -0.274 e. The summed E-state index contributed by atoms with van der Waals surface area (Å²) < 4.78 is 3.25. The molecule has 0 fully saturated rings. The summed E-state index contributed by atoms with van der Waals surface area (Å²) in [5.41, 5.74) is 3.61. The summed E-state index contributed by atoms with van der Waals surface area (Å²) in [5, 5.41) is 9.51. The summed E-state index contributed by atoms with van der Waals surface area (Å²) >= 11 is 5.29. The number of para-hydroxylation sites is 1. The molecule has 0 N–H and O–H groups in total. The van der Waals surface area contributed by atoms with E-state index in [1.165, 1.54) is 11.1 Å². The van der Waals surface area contributed by atoms with Crippen LogP contribution in [0.1, 0.15) is 17.0 Å². The van der Waals surface area contributed by atoms with Crippen LogP contribution >= 0.6 is 27.7 Å². The van der Waals surface area contributed by atoms with E-state index in [-0.39, 0.29) is 0 Å². The molecule has 0 amide bonds. The normalized spacial score (nSPS) is 10.9. The smallest absolute Gasteiger partial charge is 0.196 e. The highest BCUT2D eigenvalue weighted by Crippen LogP contribution is 2.28. The molecule has 0 saturated heterocycles. The molecular formula is C17H16BrN3S. The lowest BCUT2D eigenvalue weighted by Crippen LogP contribution is -2.01. The van der Waals surface area contributed by atoms with Gasteiger partial charge >= 0.3 is 0 Å². The van der Waals surface area contributed by atoms with E-state index in [1.54, 1.807) is 11.8 Å². The van der Waals surface area contributed by atoms with Gasteiger partial charge in [-0.2, -0.15) is 0 Å². The van der Waals surface area contributed by atoms with Crippen molar-refractivity contribution in [2.45, 2.75) is 24.8 Å². The molecule has 5 heteroatoms. The molecule has 22 heavy (non-hydrogen) atoms. The van der Waals surface area contributed by atoms with Crippen LogP contribution in [0.25, 0.3) is 5.69 Å². The highest BCUT2D eigenvalue weighted by Gasteiger charge is 2.13. The van der Waals surface area contributed by atoms with Crippen molar-refractivity contribution in [3.8, 4) is 5.69 Å². The number of hydrogen-bond donors (Lipinski definition) is 0. The maximum absolute atomic E-state index is 4.34. The largest absolute Gasteiger partial charge is 0.274 e. The zero-order chi connectivity index (χ0) is 15.5. The van der Waals surface area contributed by atoms with E-state index in [1.807, 2.05) is 25.1 Å². The first-order valence-electron chi connectivity index (χ1n) is 7.01. The number of hydrogen-bond acceptors (Lipinski definition) is 3. The minimum absolute atomic E-state index is 0.853. The molecule has 0 spiro atoms. The molecule has 0 bridgehead atoms. The van der Waals surface area contributed by atoms with Crippen molar-refractivity contribution >= 4 is 27.7 Å². The van der Waals surface area contributed by atoms with Gasteiger partial charge in [0.15, 0.2) is 5.16 Å². The average molecular weight is 374 g/mol. The van der Waals surface area contributed by atoms with Gasteiger partial charge in [0, 0.05) is 10.2 Å². The number of aryl methyl sites for hydroxylation is 2. The molecule has 0 saturated carbocycles. The Morgan fingerprint density at radius 1 is 1.00 bits per heavy atom. The van der Waals surface area contributed by atoms with Crippen LogP contribution < -0.4 is 0 Å². The van der Waals surface area contributed by atoms with Crippen LogP contribution in [-0.2, 0) is 5.75 Å². The molecule has 0 aliphatic carbocycles. The molecular weight excluding hydrogens is 358 g/mol. The number of aromatic nitrogens is 3. The van der Waals surface area contributed by atoms with E-state index < -0.39 is 0 Å².